The Hall–Kier alpha value is -1.07. The Morgan fingerprint density at radius 1 is 1.13 bits per heavy atom. The number of hydrogen-bond acceptors (Lipinski definition) is 3. The number of carbonyl (C=O) groups is 1. The van der Waals surface area contributed by atoms with Gasteiger partial charge in [0.2, 0.25) is 5.91 Å². The number of halogens is 1. The minimum absolute atomic E-state index is 0.0637. The molecule has 0 radical (unpaired) electrons. The minimum Gasteiger partial charge on any atom is -0.508 e. The SMILES string of the molecule is CCCCN(C)C(=O)CCCCCCCC(Br)CC[C@@H]1C[C@H]2[C@@H]3CCc4cc(O)ccc4[C@H]3CC[C@]2(C)[C@H]1O. The summed E-state index contributed by atoms with van der Waals surface area (Å²) in [5.41, 5.74) is 2.88. The smallest absolute Gasteiger partial charge is 0.222 e. The number of amides is 1. The van der Waals surface area contributed by atoms with Crippen molar-refractivity contribution in [2.75, 3.05) is 13.6 Å². The molecule has 0 spiro atoms. The highest BCUT2D eigenvalue weighted by atomic mass is 79.9. The van der Waals surface area contributed by atoms with Crippen molar-refractivity contribution < 1.29 is 15.0 Å². The molecule has 7 atom stereocenters. The summed E-state index contributed by atoms with van der Waals surface area (Å²) in [7, 11) is 1.94. The summed E-state index contributed by atoms with van der Waals surface area (Å²) in [6, 6.07) is 6.03. The minimum atomic E-state index is -0.173. The third-order valence-electron chi connectivity index (χ3n) is 10.9. The Balaban J connectivity index is 1.15. The van der Waals surface area contributed by atoms with Crippen molar-refractivity contribution in [3.05, 3.63) is 29.3 Å². The van der Waals surface area contributed by atoms with Crippen molar-refractivity contribution in [3.8, 4) is 5.75 Å². The van der Waals surface area contributed by atoms with E-state index in [9.17, 15) is 15.0 Å². The lowest BCUT2D eigenvalue weighted by atomic mass is 9.55. The first-order valence-electron chi connectivity index (χ1n) is 16.1. The molecule has 39 heavy (non-hydrogen) atoms. The number of carbonyl (C=O) groups excluding carboxylic acids is 1. The Morgan fingerprint density at radius 2 is 1.90 bits per heavy atom. The molecule has 1 unspecified atom stereocenters. The van der Waals surface area contributed by atoms with Crippen LogP contribution in [0.1, 0.15) is 127 Å². The van der Waals surface area contributed by atoms with E-state index >= 15 is 0 Å². The summed E-state index contributed by atoms with van der Waals surface area (Å²) >= 11 is 3.96. The first-order chi connectivity index (χ1) is 18.7. The molecule has 0 aromatic heterocycles. The number of aryl methyl sites for hydroxylation is 1. The summed E-state index contributed by atoms with van der Waals surface area (Å²) in [6.07, 6.45) is 17.9. The monoisotopic (exact) mass is 603 g/mol. The zero-order valence-electron chi connectivity index (χ0n) is 24.8. The molecule has 2 saturated carbocycles. The molecule has 1 aromatic carbocycles. The highest BCUT2D eigenvalue weighted by Crippen LogP contribution is 2.62. The predicted molar refractivity (Wildman–Crippen MR) is 164 cm³/mol. The molecule has 2 N–H and O–H groups in total. The highest BCUT2D eigenvalue weighted by Gasteiger charge is 2.57. The van der Waals surface area contributed by atoms with E-state index in [4.69, 9.17) is 0 Å². The highest BCUT2D eigenvalue weighted by molar-refractivity contribution is 9.09. The lowest BCUT2D eigenvalue weighted by Gasteiger charge is -2.50. The topological polar surface area (TPSA) is 60.8 Å². The van der Waals surface area contributed by atoms with Gasteiger partial charge in [-0.05, 0) is 117 Å². The van der Waals surface area contributed by atoms with Crippen LogP contribution in [0.5, 0.6) is 5.75 Å². The van der Waals surface area contributed by atoms with Crippen LogP contribution in [-0.2, 0) is 11.2 Å². The van der Waals surface area contributed by atoms with E-state index in [1.807, 2.05) is 24.1 Å². The van der Waals surface area contributed by atoms with E-state index in [-0.39, 0.29) is 11.5 Å². The van der Waals surface area contributed by atoms with E-state index in [0.29, 0.717) is 46.6 Å². The van der Waals surface area contributed by atoms with Crippen LogP contribution in [0.3, 0.4) is 0 Å². The summed E-state index contributed by atoms with van der Waals surface area (Å²) in [5.74, 6) is 3.01. The average Bonchev–Trinajstić information content (AvgIpc) is 3.19. The number of aliphatic hydroxyl groups excluding tert-OH is 1. The molecule has 4 rings (SSSR count). The van der Waals surface area contributed by atoms with Crippen molar-refractivity contribution in [2.45, 2.75) is 133 Å². The molecule has 220 valence electrons. The number of aliphatic hydroxyl groups is 1. The predicted octanol–water partition coefficient (Wildman–Crippen LogP) is 8.37. The van der Waals surface area contributed by atoms with Crippen molar-refractivity contribution in [1.82, 2.24) is 4.90 Å². The molecule has 1 aromatic rings. The standard InChI is InChI=1S/C34H54BrNO3/c1-4-5-21-36(3)32(38)12-10-8-6-7-9-11-26(35)15-13-25-23-31-30-17-14-24-22-27(37)16-18-28(24)29(30)19-20-34(31,2)33(25)39/h16,18,22,25-26,29-31,33,37,39H,4-15,17,19-21,23H2,1-3H3/t25-,26?,29-,30-,31+,33+,34+/m1/s1. The molecule has 2 fully saturated rings. The molecule has 3 aliphatic rings. The molecule has 0 saturated heterocycles. The van der Waals surface area contributed by atoms with E-state index in [1.54, 1.807) is 0 Å². The zero-order valence-corrected chi connectivity index (χ0v) is 26.4. The quantitative estimate of drug-likeness (QED) is 0.166. The van der Waals surface area contributed by atoms with Crippen molar-refractivity contribution in [1.29, 1.82) is 0 Å². The molecule has 3 aliphatic carbocycles. The molecule has 0 bridgehead atoms. The van der Waals surface area contributed by atoms with Crippen LogP contribution in [0.4, 0.5) is 0 Å². The van der Waals surface area contributed by atoms with Crippen LogP contribution in [0.25, 0.3) is 0 Å². The molecule has 4 nitrogen and oxygen atoms in total. The van der Waals surface area contributed by atoms with Gasteiger partial charge in [0.1, 0.15) is 5.75 Å². The van der Waals surface area contributed by atoms with E-state index < -0.39 is 0 Å². The zero-order chi connectivity index (χ0) is 28.0. The second kappa shape index (κ2) is 14.2. The van der Waals surface area contributed by atoms with Gasteiger partial charge in [0.25, 0.3) is 0 Å². The van der Waals surface area contributed by atoms with Gasteiger partial charge in [-0.15, -0.1) is 0 Å². The fourth-order valence-electron chi connectivity index (χ4n) is 8.42. The Bertz CT molecular complexity index is 937. The first-order valence-corrected chi connectivity index (χ1v) is 17.0. The number of unbranched alkanes of at least 4 members (excludes halogenated alkanes) is 5. The fourth-order valence-corrected chi connectivity index (χ4v) is 9.01. The van der Waals surface area contributed by atoms with Crippen molar-refractivity contribution in [3.63, 3.8) is 0 Å². The maximum Gasteiger partial charge on any atom is 0.222 e. The summed E-state index contributed by atoms with van der Waals surface area (Å²) < 4.78 is 0. The van der Waals surface area contributed by atoms with Gasteiger partial charge in [0.15, 0.2) is 0 Å². The van der Waals surface area contributed by atoms with Crippen LogP contribution in [-0.4, -0.2) is 45.5 Å². The molecular weight excluding hydrogens is 550 g/mol. The number of phenolic OH excluding ortho intramolecular Hbond substituents is 1. The van der Waals surface area contributed by atoms with E-state index in [1.165, 1.54) is 56.1 Å². The van der Waals surface area contributed by atoms with Gasteiger partial charge < -0.3 is 15.1 Å². The Kier molecular flexibility index (Phi) is 11.2. The van der Waals surface area contributed by atoms with E-state index in [0.717, 1.165) is 57.9 Å². The number of alkyl halides is 1. The number of aromatic hydroxyl groups is 1. The largest absolute Gasteiger partial charge is 0.508 e. The third kappa shape index (κ3) is 7.42. The summed E-state index contributed by atoms with van der Waals surface area (Å²) in [5, 5.41) is 21.5. The molecular formula is C34H54BrNO3. The van der Waals surface area contributed by atoms with Gasteiger partial charge in [0, 0.05) is 24.8 Å². The lowest BCUT2D eigenvalue weighted by molar-refractivity contribution is -0.130. The maximum atomic E-state index is 12.2. The van der Waals surface area contributed by atoms with Gasteiger partial charge in [-0.2, -0.15) is 0 Å². The number of rotatable bonds is 14. The molecule has 1 amide bonds. The fraction of sp³-hybridized carbons (Fsp3) is 0.794. The van der Waals surface area contributed by atoms with Gasteiger partial charge >= 0.3 is 0 Å². The number of benzene rings is 1. The molecule has 0 heterocycles. The number of hydrogen-bond donors (Lipinski definition) is 2. The second-order valence-electron chi connectivity index (χ2n) is 13.4. The number of phenols is 1. The average molecular weight is 605 g/mol. The third-order valence-corrected chi connectivity index (χ3v) is 11.8. The molecule has 0 aliphatic heterocycles. The lowest BCUT2D eigenvalue weighted by Crippen LogP contribution is -2.44. The summed E-state index contributed by atoms with van der Waals surface area (Å²) in [4.78, 5) is 14.6. The Morgan fingerprint density at radius 3 is 2.69 bits per heavy atom. The van der Waals surface area contributed by atoms with Crippen molar-refractivity contribution in [2.24, 2.45) is 23.2 Å². The molecule has 5 heteroatoms. The van der Waals surface area contributed by atoms with E-state index in [2.05, 4.69) is 35.8 Å². The maximum absolute atomic E-state index is 12.2. The van der Waals surface area contributed by atoms with Gasteiger partial charge in [-0.3, -0.25) is 4.79 Å². The van der Waals surface area contributed by atoms with Crippen molar-refractivity contribution >= 4 is 21.8 Å². The van der Waals surface area contributed by atoms with Crippen LogP contribution in [0.2, 0.25) is 0 Å². The number of nitrogens with zero attached hydrogens (tertiary/aromatic N) is 1. The van der Waals surface area contributed by atoms with Gasteiger partial charge in [0.05, 0.1) is 6.10 Å². The van der Waals surface area contributed by atoms with Gasteiger partial charge in [-0.25, -0.2) is 0 Å². The van der Waals surface area contributed by atoms with Crippen LogP contribution >= 0.6 is 15.9 Å². The number of fused-ring (bicyclic) bond motifs is 5. The van der Waals surface area contributed by atoms with Crippen LogP contribution in [0.15, 0.2) is 18.2 Å². The van der Waals surface area contributed by atoms with Gasteiger partial charge in [-0.1, -0.05) is 67.9 Å². The van der Waals surface area contributed by atoms with Crippen LogP contribution < -0.4 is 0 Å². The first kappa shape index (κ1) is 30.9. The normalized spacial score (nSPS) is 30.3. The second-order valence-corrected chi connectivity index (χ2v) is 14.7. The Labute approximate surface area is 246 Å². The summed E-state index contributed by atoms with van der Waals surface area (Å²) in [6.45, 7) is 5.44. The van der Waals surface area contributed by atoms with Crippen LogP contribution in [0, 0.1) is 23.2 Å².